The molecule has 1 amide bonds. The molecular formula is C13H27IN4O. The summed E-state index contributed by atoms with van der Waals surface area (Å²) >= 11 is 0. The molecule has 1 rings (SSSR count). The molecule has 0 saturated heterocycles. The summed E-state index contributed by atoms with van der Waals surface area (Å²) in [7, 11) is 3.62. The van der Waals surface area contributed by atoms with E-state index in [-0.39, 0.29) is 35.3 Å². The Hall–Kier alpha value is -0.530. The summed E-state index contributed by atoms with van der Waals surface area (Å²) in [4.78, 5) is 18.3. The van der Waals surface area contributed by atoms with Crippen LogP contribution in [0.4, 0.5) is 0 Å². The maximum absolute atomic E-state index is 12.3. The van der Waals surface area contributed by atoms with Crippen molar-refractivity contribution < 1.29 is 4.79 Å². The van der Waals surface area contributed by atoms with Crippen LogP contribution >= 0.6 is 24.0 Å². The van der Waals surface area contributed by atoms with Gasteiger partial charge < -0.3 is 16.0 Å². The van der Waals surface area contributed by atoms with Crippen molar-refractivity contribution in [3.05, 3.63) is 0 Å². The van der Waals surface area contributed by atoms with Gasteiger partial charge in [-0.15, -0.1) is 24.0 Å². The third-order valence-corrected chi connectivity index (χ3v) is 3.53. The number of carbonyl (C=O) groups is 1. The van der Waals surface area contributed by atoms with Crippen LogP contribution in [0.15, 0.2) is 4.99 Å². The van der Waals surface area contributed by atoms with Gasteiger partial charge in [-0.05, 0) is 19.3 Å². The van der Waals surface area contributed by atoms with Crippen LogP contribution in [-0.2, 0) is 4.79 Å². The highest BCUT2D eigenvalue weighted by atomic mass is 127. The summed E-state index contributed by atoms with van der Waals surface area (Å²) in [5, 5.41) is 3.04. The predicted octanol–water partition coefficient (Wildman–Crippen LogP) is 1.57. The highest BCUT2D eigenvalue weighted by Crippen LogP contribution is 2.39. The maximum Gasteiger partial charge on any atom is 0.230 e. The molecule has 0 spiro atoms. The Balaban J connectivity index is 0.00000324. The number of carbonyl (C=O) groups excluding carboxylic acids is 1. The van der Waals surface area contributed by atoms with E-state index in [4.69, 9.17) is 5.73 Å². The van der Waals surface area contributed by atoms with Crippen molar-refractivity contribution in [3.63, 3.8) is 0 Å². The Kier molecular flexibility index (Phi) is 8.36. The Morgan fingerprint density at radius 3 is 2.42 bits per heavy atom. The average molecular weight is 382 g/mol. The molecule has 0 unspecified atom stereocenters. The molecular weight excluding hydrogens is 355 g/mol. The normalized spacial score (nSPS) is 17.7. The van der Waals surface area contributed by atoms with Crippen LogP contribution in [0.25, 0.3) is 0 Å². The van der Waals surface area contributed by atoms with E-state index in [2.05, 4.69) is 17.2 Å². The lowest BCUT2D eigenvalue weighted by atomic mass is 9.85. The van der Waals surface area contributed by atoms with Crippen LogP contribution in [0.1, 0.15) is 39.0 Å². The molecule has 0 aromatic heterocycles. The van der Waals surface area contributed by atoms with E-state index < -0.39 is 0 Å². The van der Waals surface area contributed by atoms with Gasteiger partial charge in [0.05, 0.1) is 12.0 Å². The second-order valence-electron chi connectivity index (χ2n) is 5.32. The predicted molar refractivity (Wildman–Crippen MR) is 89.8 cm³/mol. The zero-order chi connectivity index (χ0) is 13.6. The minimum absolute atomic E-state index is 0. The van der Waals surface area contributed by atoms with Crippen LogP contribution < -0.4 is 11.1 Å². The molecule has 0 aliphatic heterocycles. The molecule has 1 aliphatic rings. The summed E-state index contributed by atoms with van der Waals surface area (Å²) in [6.07, 6.45) is 5.08. The number of guanidine groups is 1. The Labute approximate surface area is 133 Å². The third kappa shape index (κ3) is 5.16. The minimum atomic E-state index is -0.317. The van der Waals surface area contributed by atoms with Gasteiger partial charge in [-0.25, -0.2) is 0 Å². The number of nitrogens with one attached hydrogen (secondary N) is 1. The second kappa shape index (κ2) is 8.60. The van der Waals surface area contributed by atoms with Crippen LogP contribution in [0.5, 0.6) is 0 Å². The lowest BCUT2D eigenvalue weighted by Gasteiger charge is -2.29. The molecule has 0 aromatic carbocycles. The van der Waals surface area contributed by atoms with Gasteiger partial charge in [0.25, 0.3) is 0 Å². The molecule has 1 saturated carbocycles. The quantitative estimate of drug-likeness (QED) is 0.431. The van der Waals surface area contributed by atoms with Gasteiger partial charge >= 0.3 is 0 Å². The number of rotatable bonds is 5. The smallest absolute Gasteiger partial charge is 0.230 e. The molecule has 3 N–H and O–H groups in total. The second-order valence-corrected chi connectivity index (χ2v) is 5.32. The van der Waals surface area contributed by atoms with Gasteiger partial charge in [0.15, 0.2) is 5.96 Å². The number of halogens is 1. The zero-order valence-corrected chi connectivity index (χ0v) is 14.6. The average Bonchev–Trinajstić information content (AvgIpc) is 2.82. The Morgan fingerprint density at radius 1 is 1.37 bits per heavy atom. The van der Waals surface area contributed by atoms with Gasteiger partial charge in [-0.2, -0.15) is 0 Å². The van der Waals surface area contributed by atoms with E-state index in [1.807, 2.05) is 14.1 Å². The molecule has 5 nitrogen and oxygen atoms in total. The molecule has 0 aromatic rings. The number of nitrogens with two attached hydrogens (primary N) is 1. The highest BCUT2D eigenvalue weighted by molar-refractivity contribution is 14.0. The van der Waals surface area contributed by atoms with E-state index in [1.165, 1.54) is 0 Å². The van der Waals surface area contributed by atoms with Gasteiger partial charge in [0.1, 0.15) is 0 Å². The van der Waals surface area contributed by atoms with E-state index in [9.17, 15) is 4.79 Å². The van der Waals surface area contributed by atoms with Crippen molar-refractivity contribution in [2.24, 2.45) is 16.1 Å². The minimum Gasteiger partial charge on any atom is -0.370 e. The molecule has 0 bridgehead atoms. The molecule has 0 heterocycles. The Bertz CT molecular complexity index is 312. The summed E-state index contributed by atoms with van der Waals surface area (Å²) in [6, 6.07) is 0. The molecule has 0 atom stereocenters. The van der Waals surface area contributed by atoms with Crippen LogP contribution in [0.3, 0.4) is 0 Å². The fourth-order valence-corrected chi connectivity index (χ4v) is 2.51. The molecule has 1 fully saturated rings. The Morgan fingerprint density at radius 2 is 1.95 bits per heavy atom. The summed E-state index contributed by atoms with van der Waals surface area (Å²) in [6.45, 7) is 3.41. The van der Waals surface area contributed by atoms with Crippen molar-refractivity contribution in [3.8, 4) is 0 Å². The van der Waals surface area contributed by atoms with Gasteiger partial charge in [0, 0.05) is 20.6 Å². The van der Waals surface area contributed by atoms with Gasteiger partial charge in [0.2, 0.25) is 5.91 Å². The standard InChI is InChI=1S/C13H26N4O.HI/c1-4-9-15-12(14)16-10-13(7-5-6-8-13)11(18)17(2)3;/h4-10H2,1-3H3,(H3,14,15,16);1H. The van der Waals surface area contributed by atoms with Gasteiger partial charge in [-0.3, -0.25) is 9.79 Å². The zero-order valence-electron chi connectivity index (χ0n) is 12.2. The molecule has 19 heavy (non-hydrogen) atoms. The van der Waals surface area contributed by atoms with Gasteiger partial charge in [-0.1, -0.05) is 19.8 Å². The summed E-state index contributed by atoms with van der Waals surface area (Å²) in [5.41, 5.74) is 5.47. The van der Waals surface area contributed by atoms with Crippen molar-refractivity contribution in [1.29, 1.82) is 0 Å². The number of hydrogen-bond donors (Lipinski definition) is 2. The van der Waals surface area contributed by atoms with E-state index in [0.29, 0.717) is 12.5 Å². The van der Waals surface area contributed by atoms with Crippen molar-refractivity contribution in [1.82, 2.24) is 10.2 Å². The highest BCUT2D eigenvalue weighted by Gasteiger charge is 2.41. The van der Waals surface area contributed by atoms with E-state index in [1.54, 1.807) is 4.90 Å². The lowest BCUT2D eigenvalue weighted by molar-refractivity contribution is -0.138. The monoisotopic (exact) mass is 382 g/mol. The van der Waals surface area contributed by atoms with Crippen LogP contribution in [-0.4, -0.2) is 44.0 Å². The maximum atomic E-state index is 12.3. The number of aliphatic imine (C=N–C) groups is 1. The first-order chi connectivity index (χ1) is 8.52. The third-order valence-electron chi connectivity index (χ3n) is 3.53. The number of hydrogen-bond acceptors (Lipinski definition) is 2. The molecule has 6 heteroatoms. The largest absolute Gasteiger partial charge is 0.370 e. The summed E-state index contributed by atoms with van der Waals surface area (Å²) < 4.78 is 0. The van der Waals surface area contributed by atoms with Crippen LogP contribution in [0, 0.1) is 5.41 Å². The van der Waals surface area contributed by atoms with E-state index >= 15 is 0 Å². The first kappa shape index (κ1) is 18.5. The molecule has 1 aliphatic carbocycles. The lowest BCUT2D eigenvalue weighted by Crippen LogP contribution is -2.42. The fraction of sp³-hybridized carbons (Fsp3) is 0.846. The SMILES string of the molecule is CCCNC(N)=NCC1(C(=O)N(C)C)CCCC1.I. The summed E-state index contributed by atoms with van der Waals surface area (Å²) in [5.74, 6) is 0.640. The number of nitrogens with zero attached hydrogens (tertiary/aromatic N) is 2. The van der Waals surface area contributed by atoms with E-state index in [0.717, 1.165) is 38.6 Å². The fourth-order valence-electron chi connectivity index (χ4n) is 2.51. The molecule has 0 radical (unpaired) electrons. The van der Waals surface area contributed by atoms with Crippen molar-refractivity contribution in [2.45, 2.75) is 39.0 Å². The van der Waals surface area contributed by atoms with Crippen molar-refractivity contribution in [2.75, 3.05) is 27.2 Å². The van der Waals surface area contributed by atoms with Crippen LogP contribution in [0.2, 0.25) is 0 Å². The number of amides is 1. The topological polar surface area (TPSA) is 70.7 Å². The first-order valence-corrected chi connectivity index (χ1v) is 6.77. The first-order valence-electron chi connectivity index (χ1n) is 6.77. The molecule has 112 valence electrons. The van der Waals surface area contributed by atoms with Crippen molar-refractivity contribution >= 4 is 35.8 Å².